The molecule has 0 bridgehead atoms. The van der Waals surface area contributed by atoms with Gasteiger partial charge in [0, 0.05) is 13.1 Å². The van der Waals surface area contributed by atoms with Gasteiger partial charge in [0.05, 0.1) is 4.92 Å². The summed E-state index contributed by atoms with van der Waals surface area (Å²) in [5.41, 5.74) is 0.260. The van der Waals surface area contributed by atoms with Crippen molar-refractivity contribution in [3.63, 3.8) is 0 Å². The predicted octanol–water partition coefficient (Wildman–Crippen LogP) is 3.36. The summed E-state index contributed by atoms with van der Waals surface area (Å²) in [7, 11) is 1.85. The molecule has 1 aromatic heterocycles. The largest absolute Gasteiger partial charge is 0.351 e. The second-order valence-corrected chi connectivity index (χ2v) is 5.88. The predicted molar refractivity (Wildman–Crippen MR) is 78.3 cm³/mol. The molecule has 1 saturated carbocycles. The van der Waals surface area contributed by atoms with Gasteiger partial charge in [-0.05, 0) is 37.3 Å². The number of hydrogen-bond acceptors (Lipinski definition) is 5. The fraction of sp³-hybridized carbons (Fsp3) is 0.692. The van der Waals surface area contributed by atoms with Gasteiger partial charge in [0.2, 0.25) is 11.1 Å². The van der Waals surface area contributed by atoms with Gasteiger partial charge in [0.25, 0.3) is 0 Å². The summed E-state index contributed by atoms with van der Waals surface area (Å²) < 4.78 is 0. The van der Waals surface area contributed by atoms with Crippen LogP contribution in [0.25, 0.3) is 0 Å². The zero-order chi connectivity index (χ0) is 14.9. The Labute approximate surface area is 123 Å². The number of hydrogen-bond donors (Lipinski definition) is 0. The zero-order valence-electron chi connectivity index (χ0n) is 12.0. The first-order chi connectivity index (χ1) is 9.40. The van der Waals surface area contributed by atoms with Crippen molar-refractivity contribution >= 4 is 23.1 Å². The highest BCUT2D eigenvalue weighted by molar-refractivity contribution is 6.28. The standard InChI is InChI=1S/C13H19ClN4O2/c1-8-5-4-6-10(7-8)17(3)12-11(18(19)20)9(2)15-13(14)16-12/h8,10H,4-7H2,1-3H3. The molecule has 2 atom stereocenters. The molecule has 7 heteroatoms. The topological polar surface area (TPSA) is 72.2 Å². The van der Waals surface area contributed by atoms with E-state index in [-0.39, 0.29) is 17.0 Å². The van der Waals surface area contributed by atoms with Crippen molar-refractivity contribution in [2.24, 2.45) is 5.92 Å². The first kappa shape index (κ1) is 15.0. The molecule has 1 aromatic rings. The van der Waals surface area contributed by atoms with Crippen LogP contribution in [0.4, 0.5) is 11.5 Å². The maximum Gasteiger partial charge on any atom is 0.332 e. The second kappa shape index (κ2) is 5.91. The van der Waals surface area contributed by atoms with Crippen molar-refractivity contribution in [1.29, 1.82) is 0 Å². The average Bonchev–Trinajstić information content (AvgIpc) is 2.36. The minimum Gasteiger partial charge on any atom is -0.351 e. The molecular weight excluding hydrogens is 280 g/mol. The first-order valence-electron chi connectivity index (χ1n) is 6.81. The summed E-state index contributed by atoms with van der Waals surface area (Å²) in [5, 5.41) is 11.3. The number of anilines is 1. The Morgan fingerprint density at radius 1 is 1.40 bits per heavy atom. The Kier molecular flexibility index (Phi) is 4.42. The third-order valence-corrected chi connectivity index (χ3v) is 4.15. The van der Waals surface area contributed by atoms with Crippen LogP contribution in [0.5, 0.6) is 0 Å². The van der Waals surface area contributed by atoms with E-state index < -0.39 is 4.92 Å². The van der Waals surface area contributed by atoms with Crippen molar-refractivity contribution in [2.75, 3.05) is 11.9 Å². The van der Waals surface area contributed by atoms with E-state index in [1.54, 1.807) is 6.92 Å². The third-order valence-electron chi connectivity index (χ3n) is 3.99. The van der Waals surface area contributed by atoms with E-state index in [1.807, 2.05) is 11.9 Å². The average molecular weight is 299 g/mol. The van der Waals surface area contributed by atoms with E-state index in [2.05, 4.69) is 16.9 Å². The molecule has 1 fully saturated rings. The highest BCUT2D eigenvalue weighted by Gasteiger charge is 2.30. The van der Waals surface area contributed by atoms with Crippen LogP contribution in [-0.2, 0) is 0 Å². The third kappa shape index (κ3) is 3.00. The Balaban J connectivity index is 2.37. The minimum absolute atomic E-state index is 0.0462. The van der Waals surface area contributed by atoms with E-state index in [9.17, 15) is 10.1 Å². The molecule has 6 nitrogen and oxygen atoms in total. The molecule has 1 aliphatic carbocycles. The number of aryl methyl sites for hydroxylation is 1. The maximum absolute atomic E-state index is 11.3. The van der Waals surface area contributed by atoms with Gasteiger partial charge in [-0.3, -0.25) is 10.1 Å². The molecule has 0 N–H and O–H groups in total. The first-order valence-corrected chi connectivity index (χ1v) is 7.19. The molecule has 0 aromatic carbocycles. The molecule has 0 amide bonds. The summed E-state index contributed by atoms with van der Waals surface area (Å²) in [6.45, 7) is 3.80. The molecule has 0 aliphatic heterocycles. The molecule has 2 unspecified atom stereocenters. The normalized spacial score (nSPS) is 22.6. The van der Waals surface area contributed by atoms with E-state index in [4.69, 9.17) is 11.6 Å². The summed E-state index contributed by atoms with van der Waals surface area (Å²) in [5.74, 6) is 0.959. The number of nitro groups is 1. The lowest BCUT2D eigenvalue weighted by Gasteiger charge is -2.34. The molecule has 0 saturated heterocycles. The lowest BCUT2D eigenvalue weighted by atomic mass is 9.86. The van der Waals surface area contributed by atoms with Gasteiger partial charge in [0.1, 0.15) is 5.69 Å². The molecule has 0 spiro atoms. The van der Waals surface area contributed by atoms with Crippen molar-refractivity contribution in [2.45, 2.75) is 45.6 Å². The number of aromatic nitrogens is 2. The smallest absolute Gasteiger partial charge is 0.332 e. The van der Waals surface area contributed by atoms with Gasteiger partial charge in [-0.2, -0.15) is 4.98 Å². The van der Waals surface area contributed by atoms with Crippen LogP contribution in [0.1, 0.15) is 38.3 Å². The Bertz CT molecular complexity index is 523. The molecule has 1 aliphatic rings. The fourth-order valence-corrected chi connectivity index (χ4v) is 3.11. The van der Waals surface area contributed by atoms with E-state index in [0.29, 0.717) is 17.4 Å². The number of nitrogens with zero attached hydrogens (tertiary/aromatic N) is 4. The van der Waals surface area contributed by atoms with Gasteiger partial charge in [-0.15, -0.1) is 0 Å². The van der Waals surface area contributed by atoms with Gasteiger partial charge in [-0.25, -0.2) is 4.98 Å². The number of halogens is 1. The maximum atomic E-state index is 11.3. The highest BCUT2D eigenvalue weighted by Crippen LogP contribution is 2.34. The van der Waals surface area contributed by atoms with Crippen molar-refractivity contribution < 1.29 is 4.92 Å². The van der Waals surface area contributed by atoms with Crippen molar-refractivity contribution in [3.05, 3.63) is 21.1 Å². The molecule has 1 heterocycles. The SMILES string of the molecule is Cc1nc(Cl)nc(N(C)C2CCCC(C)C2)c1[N+](=O)[O-]. The Hall–Kier alpha value is -1.43. The van der Waals surface area contributed by atoms with Crippen LogP contribution in [0.3, 0.4) is 0 Å². The van der Waals surface area contributed by atoms with Crippen LogP contribution in [0.15, 0.2) is 0 Å². The highest BCUT2D eigenvalue weighted by atomic mass is 35.5. The molecular formula is C13H19ClN4O2. The second-order valence-electron chi connectivity index (χ2n) is 5.54. The van der Waals surface area contributed by atoms with Crippen LogP contribution in [-0.4, -0.2) is 28.0 Å². The van der Waals surface area contributed by atoms with E-state index >= 15 is 0 Å². The number of rotatable bonds is 3. The minimum atomic E-state index is -0.427. The van der Waals surface area contributed by atoms with Crippen LogP contribution >= 0.6 is 11.6 Å². The van der Waals surface area contributed by atoms with Gasteiger partial charge in [0.15, 0.2) is 0 Å². The van der Waals surface area contributed by atoms with Gasteiger partial charge in [-0.1, -0.05) is 19.8 Å². The van der Waals surface area contributed by atoms with Crippen molar-refractivity contribution in [1.82, 2.24) is 9.97 Å². The Morgan fingerprint density at radius 2 is 2.10 bits per heavy atom. The van der Waals surface area contributed by atoms with E-state index in [1.165, 1.54) is 6.42 Å². The molecule has 2 rings (SSSR count). The summed E-state index contributed by atoms with van der Waals surface area (Å²) in [6, 6.07) is 0.266. The zero-order valence-corrected chi connectivity index (χ0v) is 12.7. The van der Waals surface area contributed by atoms with Crippen LogP contribution in [0, 0.1) is 23.0 Å². The summed E-state index contributed by atoms with van der Waals surface area (Å²) in [6.07, 6.45) is 4.41. The fourth-order valence-electron chi connectivity index (χ4n) is 2.90. The van der Waals surface area contributed by atoms with Crippen molar-refractivity contribution in [3.8, 4) is 0 Å². The van der Waals surface area contributed by atoms with Gasteiger partial charge < -0.3 is 4.90 Å². The van der Waals surface area contributed by atoms with Crippen LogP contribution in [0.2, 0.25) is 5.28 Å². The Morgan fingerprint density at radius 3 is 2.70 bits per heavy atom. The molecule has 20 heavy (non-hydrogen) atoms. The quantitative estimate of drug-likeness (QED) is 0.486. The molecule has 0 radical (unpaired) electrons. The monoisotopic (exact) mass is 298 g/mol. The lowest BCUT2D eigenvalue weighted by Crippen LogP contribution is -2.36. The van der Waals surface area contributed by atoms with Crippen LogP contribution < -0.4 is 4.90 Å². The lowest BCUT2D eigenvalue weighted by molar-refractivity contribution is -0.385. The summed E-state index contributed by atoms with van der Waals surface area (Å²) in [4.78, 5) is 20.7. The van der Waals surface area contributed by atoms with E-state index in [0.717, 1.165) is 19.3 Å². The van der Waals surface area contributed by atoms with Gasteiger partial charge >= 0.3 is 5.69 Å². The molecule has 110 valence electrons. The summed E-state index contributed by atoms with van der Waals surface area (Å²) >= 11 is 5.87.